The van der Waals surface area contributed by atoms with Crippen molar-refractivity contribution < 1.29 is 0 Å². The number of rotatable bonds is 0. The molecule has 5 heteroatoms. The topological polar surface area (TPSA) is 61.6 Å². The Kier molecular flexibility index (Phi) is 1.87. The Morgan fingerprint density at radius 2 is 2.45 bits per heavy atom. The number of aromatic amines is 1. The minimum absolute atomic E-state index is 0.0705. The third-order valence-corrected chi connectivity index (χ3v) is 1.62. The molecule has 56 valence electrons. The first-order valence-electron chi connectivity index (χ1n) is 2.85. The molecule has 0 amide bonds. The van der Waals surface area contributed by atoms with Gasteiger partial charge in [-0.1, -0.05) is 0 Å². The first-order chi connectivity index (χ1) is 5.15. The van der Waals surface area contributed by atoms with Gasteiger partial charge in [-0.15, -0.1) is 0 Å². The van der Waals surface area contributed by atoms with E-state index < -0.39 is 5.56 Å². The van der Waals surface area contributed by atoms with E-state index in [1.165, 1.54) is 10.8 Å². The van der Waals surface area contributed by atoms with Crippen molar-refractivity contribution in [2.75, 3.05) is 0 Å². The highest BCUT2D eigenvalue weighted by Crippen LogP contribution is 1.86. The van der Waals surface area contributed by atoms with Gasteiger partial charge in [0, 0.05) is 13.2 Å². The minimum Gasteiger partial charge on any atom is -0.327 e. The number of hydrogen-bond acceptors (Lipinski definition) is 3. The van der Waals surface area contributed by atoms with Gasteiger partial charge < -0.3 is 4.57 Å². The fraction of sp³-hybridized carbons (Fsp3) is 0.167. The lowest BCUT2D eigenvalue weighted by Gasteiger charge is -1.95. The molecule has 0 aliphatic heterocycles. The van der Waals surface area contributed by atoms with Gasteiger partial charge in [-0.05, 0) is 12.2 Å². The minimum atomic E-state index is -0.435. The SMILES string of the molecule is Cn1cc(C#N)c(=O)[nH]c1=S. The van der Waals surface area contributed by atoms with Gasteiger partial charge in [0.05, 0.1) is 0 Å². The van der Waals surface area contributed by atoms with Gasteiger partial charge in [0.2, 0.25) is 0 Å². The molecule has 0 atom stereocenters. The molecule has 1 N–H and O–H groups in total. The summed E-state index contributed by atoms with van der Waals surface area (Å²) in [6.45, 7) is 0. The number of aryl methyl sites for hydroxylation is 1. The normalized spacial score (nSPS) is 9.09. The lowest BCUT2D eigenvalue weighted by Crippen LogP contribution is -2.14. The van der Waals surface area contributed by atoms with Crippen molar-refractivity contribution in [2.45, 2.75) is 0 Å². The highest BCUT2D eigenvalue weighted by atomic mass is 32.1. The summed E-state index contributed by atoms with van der Waals surface area (Å²) in [7, 11) is 1.67. The van der Waals surface area contributed by atoms with Crippen LogP contribution in [-0.4, -0.2) is 9.55 Å². The number of nitriles is 1. The summed E-state index contributed by atoms with van der Waals surface area (Å²) in [6, 6.07) is 1.75. The monoisotopic (exact) mass is 167 g/mol. The summed E-state index contributed by atoms with van der Waals surface area (Å²) in [4.78, 5) is 13.2. The van der Waals surface area contributed by atoms with Crippen LogP contribution >= 0.6 is 12.2 Å². The van der Waals surface area contributed by atoms with Crippen LogP contribution in [0.15, 0.2) is 11.0 Å². The van der Waals surface area contributed by atoms with E-state index in [1.807, 2.05) is 0 Å². The Morgan fingerprint density at radius 3 is 3.00 bits per heavy atom. The van der Waals surface area contributed by atoms with Crippen molar-refractivity contribution in [3.63, 3.8) is 0 Å². The molecule has 1 aromatic heterocycles. The van der Waals surface area contributed by atoms with Crippen LogP contribution < -0.4 is 5.56 Å². The van der Waals surface area contributed by atoms with E-state index in [9.17, 15) is 4.79 Å². The quantitative estimate of drug-likeness (QED) is 0.566. The van der Waals surface area contributed by atoms with Gasteiger partial charge >= 0.3 is 0 Å². The highest BCUT2D eigenvalue weighted by Gasteiger charge is 1.96. The zero-order chi connectivity index (χ0) is 8.43. The van der Waals surface area contributed by atoms with Crippen molar-refractivity contribution in [2.24, 2.45) is 7.05 Å². The van der Waals surface area contributed by atoms with E-state index in [2.05, 4.69) is 4.98 Å². The molecule has 0 radical (unpaired) electrons. The van der Waals surface area contributed by atoms with Crippen LogP contribution in [0.4, 0.5) is 0 Å². The number of hydrogen-bond donors (Lipinski definition) is 1. The average Bonchev–Trinajstić information content (AvgIpc) is 1.97. The second-order valence-corrected chi connectivity index (χ2v) is 2.41. The highest BCUT2D eigenvalue weighted by molar-refractivity contribution is 7.71. The van der Waals surface area contributed by atoms with Crippen LogP contribution in [0.1, 0.15) is 5.56 Å². The molecular formula is C6H5N3OS. The second-order valence-electron chi connectivity index (χ2n) is 2.02. The molecule has 0 saturated heterocycles. The van der Waals surface area contributed by atoms with Crippen molar-refractivity contribution in [1.29, 1.82) is 5.26 Å². The lowest BCUT2D eigenvalue weighted by molar-refractivity contribution is 0.827. The van der Waals surface area contributed by atoms with E-state index >= 15 is 0 Å². The summed E-state index contributed by atoms with van der Waals surface area (Å²) in [5.41, 5.74) is -0.364. The Labute approximate surface area is 67.7 Å². The van der Waals surface area contributed by atoms with Crippen LogP contribution in [0.25, 0.3) is 0 Å². The van der Waals surface area contributed by atoms with E-state index in [0.29, 0.717) is 4.77 Å². The summed E-state index contributed by atoms with van der Waals surface area (Å²) in [6.07, 6.45) is 1.40. The van der Waals surface area contributed by atoms with Crippen LogP contribution in [0.3, 0.4) is 0 Å². The van der Waals surface area contributed by atoms with E-state index in [0.717, 1.165) is 0 Å². The molecule has 0 spiro atoms. The number of H-pyrrole nitrogens is 1. The molecule has 0 fully saturated rings. The van der Waals surface area contributed by atoms with Crippen molar-refractivity contribution >= 4 is 12.2 Å². The van der Waals surface area contributed by atoms with Crippen LogP contribution in [0.5, 0.6) is 0 Å². The van der Waals surface area contributed by atoms with Gasteiger partial charge in [0.15, 0.2) is 4.77 Å². The molecule has 0 saturated carbocycles. The maximum Gasteiger partial charge on any atom is 0.269 e. The molecule has 0 aliphatic rings. The first kappa shape index (κ1) is 7.69. The van der Waals surface area contributed by atoms with Crippen LogP contribution in [0, 0.1) is 16.1 Å². The van der Waals surface area contributed by atoms with Crippen molar-refractivity contribution in [3.8, 4) is 6.07 Å². The zero-order valence-electron chi connectivity index (χ0n) is 5.79. The van der Waals surface area contributed by atoms with Gasteiger partial charge in [-0.25, -0.2) is 0 Å². The zero-order valence-corrected chi connectivity index (χ0v) is 6.60. The van der Waals surface area contributed by atoms with Gasteiger partial charge in [-0.2, -0.15) is 5.26 Å². The summed E-state index contributed by atoms with van der Waals surface area (Å²) >= 11 is 4.75. The summed E-state index contributed by atoms with van der Waals surface area (Å²) in [5, 5.41) is 8.42. The van der Waals surface area contributed by atoms with Crippen molar-refractivity contribution in [3.05, 3.63) is 26.9 Å². The molecule has 0 aromatic carbocycles. The number of nitrogens with one attached hydrogen (secondary N) is 1. The Bertz CT molecular complexity index is 423. The first-order valence-corrected chi connectivity index (χ1v) is 3.26. The van der Waals surface area contributed by atoms with Crippen LogP contribution in [0.2, 0.25) is 0 Å². The maximum atomic E-state index is 10.9. The smallest absolute Gasteiger partial charge is 0.269 e. The summed E-state index contributed by atoms with van der Waals surface area (Å²) < 4.78 is 1.82. The predicted octanol–water partition coefficient (Wildman–Crippen LogP) is 0.315. The Balaban J connectivity index is 3.61. The van der Waals surface area contributed by atoms with Gasteiger partial charge in [0.1, 0.15) is 11.6 Å². The Hall–Kier alpha value is -1.41. The van der Waals surface area contributed by atoms with Crippen LogP contribution in [-0.2, 0) is 7.05 Å². The predicted molar refractivity (Wildman–Crippen MR) is 41.6 cm³/mol. The number of aromatic nitrogens is 2. The Morgan fingerprint density at radius 1 is 1.82 bits per heavy atom. The molecule has 11 heavy (non-hydrogen) atoms. The molecule has 1 heterocycles. The van der Waals surface area contributed by atoms with E-state index in [-0.39, 0.29) is 5.56 Å². The van der Waals surface area contributed by atoms with E-state index in [1.54, 1.807) is 13.1 Å². The third kappa shape index (κ3) is 1.36. The van der Waals surface area contributed by atoms with Crippen molar-refractivity contribution in [1.82, 2.24) is 9.55 Å². The second kappa shape index (κ2) is 2.68. The molecule has 1 aromatic rings. The number of nitrogens with zero attached hydrogens (tertiary/aromatic N) is 2. The van der Waals surface area contributed by atoms with E-state index in [4.69, 9.17) is 17.5 Å². The molecule has 1 rings (SSSR count). The fourth-order valence-corrected chi connectivity index (χ4v) is 0.789. The van der Waals surface area contributed by atoms with Gasteiger partial charge in [-0.3, -0.25) is 9.78 Å². The maximum absolute atomic E-state index is 10.9. The van der Waals surface area contributed by atoms with Gasteiger partial charge in [0.25, 0.3) is 5.56 Å². The lowest BCUT2D eigenvalue weighted by atomic mass is 10.4. The molecule has 4 nitrogen and oxygen atoms in total. The molecule has 0 bridgehead atoms. The largest absolute Gasteiger partial charge is 0.327 e. The molecule has 0 aliphatic carbocycles. The third-order valence-electron chi connectivity index (χ3n) is 1.23. The molecule has 0 unspecified atom stereocenters. The average molecular weight is 167 g/mol. The summed E-state index contributed by atoms with van der Waals surface area (Å²) in [5.74, 6) is 0. The standard InChI is InChI=1S/C6H5N3OS/c1-9-3-4(2-7)5(10)8-6(9)11/h3H,1H3,(H,8,10,11). The fourth-order valence-electron chi connectivity index (χ4n) is 0.643. The molecular weight excluding hydrogens is 162 g/mol.